The van der Waals surface area contributed by atoms with E-state index >= 15 is 0 Å². The molecule has 1 amide bonds. The first kappa shape index (κ1) is 25.9. The van der Waals surface area contributed by atoms with E-state index in [0.717, 1.165) is 63.7 Å². The maximum absolute atomic E-state index is 13.0. The molecule has 0 saturated carbocycles. The van der Waals surface area contributed by atoms with E-state index < -0.39 is 0 Å². The summed E-state index contributed by atoms with van der Waals surface area (Å²) in [5.41, 5.74) is 1.89. The Morgan fingerprint density at radius 2 is 1.78 bits per heavy atom. The van der Waals surface area contributed by atoms with Crippen LogP contribution >= 0.6 is 0 Å². The van der Waals surface area contributed by atoms with Gasteiger partial charge in [0.15, 0.2) is 5.76 Å². The summed E-state index contributed by atoms with van der Waals surface area (Å²) in [5.74, 6) is 1.01. The second-order valence-corrected chi connectivity index (χ2v) is 9.75. The van der Waals surface area contributed by atoms with Crippen LogP contribution in [0.15, 0.2) is 53.8 Å². The number of likely N-dealkylation sites (tertiary alicyclic amines) is 1. The minimum atomic E-state index is -0.337. The largest absolute Gasteiger partial charge is 0.493 e. The molecule has 0 unspecified atom stereocenters. The highest BCUT2D eigenvalue weighted by molar-refractivity contribution is 6.14. The lowest BCUT2D eigenvalue weighted by atomic mass is 10.0. The third kappa shape index (κ3) is 6.52. The summed E-state index contributed by atoms with van der Waals surface area (Å²) in [7, 11) is 0. The van der Waals surface area contributed by atoms with Gasteiger partial charge in [-0.15, -0.1) is 0 Å². The van der Waals surface area contributed by atoms with Crippen molar-refractivity contribution in [1.29, 1.82) is 0 Å². The Kier molecular flexibility index (Phi) is 8.75. The summed E-state index contributed by atoms with van der Waals surface area (Å²) in [6.07, 6.45) is 6.12. The monoisotopic (exact) mass is 494 g/mol. The Morgan fingerprint density at radius 1 is 1.06 bits per heavy atom. The third-order valence-electron chi connectivity index (χ3n) is 6.74. The predicted molar refractivity (Wildman–Crippen MR) is 137 cm³/mol. The van der Waals surface area contributed by atoms with Gasteiger partial charge in [0.25, 0.3) is 5.91 Å². The lowest BCUT2D eigenvalue weighted by molar-refractivity contribution is 0.0909. The molecule has 6 nitrogen and oxygen atoms in total. The number of hydrogen-bond donors (Lipinski definition) is 1. The average molecular weight is 495 g/mol. The van der Waals surface area contributed by atoms with Gasteiger partial charge in [-0.3, -0.25) is 9.59 Å². The van der Waals surface area contributed by atoms with Gasteiger partial charge in [0.2, 0.25) is 5.78 Å². The number of fused-ring (bicyclic) bond motifs is 1. The molecule has 0 aromatic heterocycles. The van der Waals surface area contributed by atoms with E-state index in [-0.39, 0.29) is 23.5 Å². The van der Waals surface area contributed by atoms with E-state index in [4.69, 9.17) is 9.47 Å². The van der Waals surface area contributed by atoms with Crippen LogP contribution in [0, 0.1) is 5.82 Å². The molecule has 7 heteroatoms. The average Bonchev–Trinajstić information content (AvgIpc) is 3.22. The van der Waals surface area contributed by atoms with E-state index in [1.165, 1.54) is 24.3 Å². The van der Waals surface area contributed by atoms with Gasteiger partial charge in [-0.05, 0) is 88.0 Å². The second kappa shape index (κ2) is 12.2. The Balaban J connectivity index is 1.09. The number of carbonyl (C=O) groups is 2. The van der Waals surface area contributed by atoms with Gasteiger partial charge in [0, 0.05) is 24.7 Å². The van der Waals surface area contributed by atoms with Crippen molar-refractivity contribution in [3.63, 3.8) is 0 Å². The number of hydrogen-bond acceptors (Lipinski definition) is 5. The molecule has 2 aliphatic rings. The van der Waals surface area contributed by atoms with Crippen molar-refractivity contribution >= 4 is 11.7 Å². The number of Topliss-reactive ketones (excluding diaryl/α,β-unsaturated/α-hetero) is 1. The summed E-state index contributed by atoms with van der Waals surface area (Å²) in [6.45, 7) is 7.32. The first-order chi connectivity index (χ1) is 17.4. The van der Waals surface area contributed by atoms with Crippen molar-refractivity contribution in [2.24, 2.45) is 0 Å². The number of halogens is 1. The molecule has 2 aliphatic heterocycles. The number of ether oxygens (including phenoxy) is 2. The Labute approximate surface area is 212 Å². The topological polar surface area (TPSA) is 67.9 Å². The van der Waals surface area contributed by atoms with Gasteiger partial charge in [0.1, 0.15) is 22.9 Å². The van der Waals surface area contributed by atoms with Crippen molar-refractivity contribution in [3.8, 4) is 11.5 Å². The van der Waals surface area contributed by atoms with Gasteiger partial charge < -0.3 is 19.7 Å². The number of ketones is 1. The smallest absolute Gasteiger partial charge is 0.251 e. The number of piperidine rings is 1. The molecule has 0 bridgehead atoms. The van der Waals surface area contributed by atoms with E-state index in [2.05, 4.69) is 10.2 Å². The molecule has 0 spiro atoms. The fourth-order valence-corrected chi connectivity index (χ4v) is 4.68. The van der Waals surface area contributed by atoms with Crippen LogP contribution in [0.3, 0.4) is 0 Å². The van der Waals surface area contributed by atoms with Gasteiger partial charge in [-0.1, -0.05) is 18.9 Å². The number of nitrogens with one attached hydrogen (secondary N) is 1. The Morgan fingerprint density at radius 3 is 2.50 bits per heavy atom. The van der Waals surface area contributed by atoms with E-state index in [0.29, 0.717) is 35.0 Å². The molecule has 2 aromatic rings. The minimum absolute atomic E-state index is 0.0978. The van der Waals surface area contributed by atoms with Gasteiger partial charge in [-0.2, -0.15) is 0 Å². The number of benzene rings is 2. The van der Waals surface area contributed by atoms with E-state index in [1.54, 1.807) is 6.07 Å². The summed E-state index contributed by atoms with van der Waals surface area (Å²) in [4.78, 5) is 27.4. The lowest BCUT2D eigenvalue weighted by Gasteiger charge is -2.32. The predicted octanol–water partition coefficient (Wildman–Crippen LogP) is 5.53. The fourth-order valence-electron chi connectivity index (χ4n) is 4.68. The SMILES string of the molecule is CC(C)=C1Oc2cccc(OCCCCCCN3CCC(NC(=O)c4ccc(F)cc4)CC3)c2C1=O. The molecular weight excluding hydrogens is 459 g/mol. The minimum Gasteiger partial charge on any atom is -0.493 e. The standard InChI is InChI=1S/C29H35FN2O4/c1-20(2)28-27(33)26-24(8-7-9-25(26)36-28)35-19-6-4-3-5-16-32-17-14-23(15-18-32)31-29(34)21-10-12-22(30)13-11-21/h7-13,23H,3-6,14-19H2,1-2H3,(H,31,34). The maximum atomic E-state index is 13.0. The zero-order valence-corrected chi connectivity index (χ0v) is 21.1. The lowest BCUT2D eigenvalue weighted by Crippen LogP contribution is -2.44. The van der Waals surface area contributed by atoms with Crippen molar-refractivity contribution in [2.75, 3.05) is 26.2 Å². The molecule has 192 valence electrons. The molecule has 2 heterocycles. The third-order valence-corrected chi connectivity index (χ3v) is 6.74. The molecule has 1 N–H and O–H groups in total. The number of carbonyl (C=O) groups excluding carboxylic acids is 2. The molecule has 0 radical (unpaired) electrons. The maximum Gasteiger partial charge on any atom is 0.251 e. The normalized spacial score (nSPS) is 16.0. The summed E-state index contributed by atoms with van der Waals surface area (Å²) in [6, 6.07) is 11.3. The highest BCUT2D eigenvalue weighted by Crippen LogP contribution is 2.38. The number of rotatable bonds is 10. The molecule has 4 rings (SSSR count). The molecular formula is C29H35FN2O4. The van der Waals surface area contributed by atoms with Crippen LogP contribution in [0.1, 0.15) is 73.1 Å². The molecule has 36 heavy (non-hydrogen) atoms. The van der Waals surface area contributed by atoms with E-state index in [1.807, 2.05) is 26.0 Å². The van der Waals surface area contributed by atoms with Crippen molar-refractivity contribution in [3.05, 3.63) is 70.7 Å². The van der Waals surface area contributed by atoms with Crippen molar-refractivity contribution < 1.29 is 23.5 Å². The fraction of sp³-hybridized carbons (Fsp3) is 0.448. The number of nitrogens with zero attached hydrogens (tertiary/aromatic N) is 1. The molecule has 2 aromatic carbocycles. The Bertz CT molecular complexity index is 1100. The Hall–Kier alpha value is -3.19. The molecule has 0 aliphatic carbocycles. The van der Waals surface area contributed by atoms with Crippen LogP contribution in [0.4, 0.5) is 4.39 Å². The molecule has 1 fully saturated rings. The van der Waals surface area contributed by atoms with Crippen LogP contribution in [0.25, 0.3) is 0 Å². The van der Waals surface area contributed by atoms with Gasteiger partial charge >= 0.3 is 0 Å². The van der Waals surface area contributed by atoms with Crippen molar-refractivity contribution in [1.82, 2.24) is 10.2 Å². The molecule has 1 saturated heterocycles. The van der Waals surface area contributed by atoms with Crippen LogP contribution in [0.2, 0.25) is 0 Å². The van der Waals surface area contributed by atoms with Gasteiger partial charge in [0.05, 0.1) is 6.61 Å². The first-order valence-electron chi connectivity index (χ1n) is 12.9. The van der Waals surface area contributed by atoms with Crippen LogP contribution < -0.4 is 14.8 Å². The van der Waals surface area contributed by atoms with Gasteiger partial charge in [-0.25, -0.2) is 4.39 Å². The van der Waals surface area contributed by atoms with Crippen LogP contribution in [-0.2, 0) is 0 Å². The quantitative estimate of drug-likeness (QED) is 0.348. The van der Waals surface area contributed by atoms with Crippen LogP contribution in [-0.4, -0.2) is 48.9 Å². The highest BCUT2D eigenvalue weighted by Gasteiger charge is 2.31. The zero-order valence-electron chi connectivity index (χ0n) is 21.1. The summed E-state index contributed by atoms with van der Waals surface area (Å²) >= 11 is 0. The second-order valence-electron chi connectivity index (χ2n) is 9.75. The summed E-state index contributed by atoms with van der Waals surface area (Å²) < 4.78 is 24.7. The van der Waals surface area contributed by atoms with E-state index in [9.17, 15) is 14.0 Å². The number of allylic oxidation sites excluding steroid dienone is 2. The summed E-state index contributed by atoms with van der Waals surface area (Å²) in [5, 5.41) is 3.07. The zero-order chi connectivity index (χ0) is 25.5. The molecule has 0 atom stereocenters. The highest BCUT2D eigenvalue weighted by atomic mass is 19.1. The van der Waals surface area contributed by atoms with Crippen LogP contribution in [0.5, 0.6) is 11.5 Å². The number of amides is 1. The first-order valence-corrected chi connectivity index (χ1v) is 12.9. The van der Waals surface area contributed by atoms with Crippen molar-refractivity contribution in [2.45, 2.75) is 58.4 Å². The number of unbranched alkanes of at least 4 members (excludes halogenated alkanes) is 3.